The molecule has 0 aliphatic heterocycles. The van der Waals surface area contributed by atoms with Gasteiger partial charge in [0.05, 0.1) is 0 Å². The van der Waals surface area contributed by atoms with Crippen LogP contribution in [0.25, 0.3) is 0 Å². The molecule has 0 spiro atoms. The number of furan rings is 1. The van der Waals surface area contributed by atoms with Gasteiger partial charge in [-0.25, -0.2) is 0 Å². The standard InChI is InChI=1S/C6H10GeO/c1-7(2)6-4-3-5-8-6/h3-5,7H,1-2H3. The molecule has 0 amide bonds. The van der Waals surface area contributed by atoms with Gasteiger partial charge in [-0.05, 0) is 0 Å². The van der Waals surface area contributed by atoms with Gasteiger partial charge in [0, 0.05) is 0 Å². The molecule has 0 N–H and O–H groups in total. The van der Waals surface area contributed by atoms with E-state index in [-0.39, 0.29) is 0 Å². The first kappa shape index (κ1) is 5.95. The first-order valence-corrected chi connectivity index (χ1v) is 8.90. The molecule has 0 atom stereocenters. The average Bonchev–Trinajstić information content (AvgIpc) is 2.12. The van der Waals surface area contributed by atoms with Crippen molar-refractivity contribution >= 4 is 18.9 Å². The Hall–Kier alpha value is -0.177. The summed E-state index contributed by atoms with van der Waals surface area (Å²) in [6.07, 6.45) is 1.75. The van der Waals surface area contributed by atoms with Crippen LogP contribution in [-0.4, -0.2) is 14.3 Å². The molecular weight excluding hydrogens is 161 g/mol. The first-order chi connectivity index (χ1) is 3.80. The Kier molecular flexibility index (Phi) is 1.78. The van der Waals surface area contributed by atoms with Gasteiger partial charge in [0.2, 0.25) is 0 Å². The quantitative estimate of drug-likeness (QED) is 0.573. The van der Waals surface area contributed by atoms with Crippen LogP contribution >= 0.6 is 0 Å². The minimum absolute atomic E-state index is 1.05. The van der Waals surface area contributed by atoms with E-state index in [4.69, 9.17) is 4.42 Å². The van der Waals surface area contributed by atoms with Crippen LogP contribution in [-0.2, 0) is 0 Å². The van der Waals surface area contributed by atoms with Gasteiger partial charge in [-0.2, -0.15) is 0 Å². The van der Waals surface area contributed by atoms with Crippen molar-refractivity contribution in [2.45, 2.75) is 11.5 Å². The summed E-state index contributed by atoms with van der Waals surface area (Å²) in [7, 11) is 0. The summed E-state index contributed by atoms with van der Waals surface area (Å²) in [5.74, 6) is 4.59. The van der Waals surface area contributed by atoms with Crippen LogP contribution in [0.5, 0.6) is 0 Å². The van der Waals surface area contributed by atoms with Crippen LogP contribution in [0, 0.1) is 0 Å². The molecule has 0 unspecified atom stereocenters. The topological polar surface area (TPSA) is 13.1 Å². The monoisotopic (exact) mass is 172 g/mol. The van der Waals surface area contributed by atoms with Gasteiger partial charge in [-0.3, -0.25) is 0 Å². The molecule has 0 aromatic carbocycles. The zero-order valence-electron chi connectivity index (χ0n) is 5.22. The zero-order valence-corrected chi connectivity index (χ0v) is 7.64. The summed E-state index contributed by atoms with van der Waals surface area (Å²) in [4.78, 5) is 0. The molecule has 0 radical (unpaired) electrons. The fourth-order valence-electron chi connectivity index (χ4n) is 0.620. The molecule has 2 heteroatoms. The van der Waals surface area contributed by atoms with Crippen LogP contribution in [0.4, 0.5) is 0 Å². The molecule has 44 valence electrons. The van der Waals surface area contributed by atoms with E-state index >= 15 is 0 Å². The van der Waals surface area contributed by atoms with E-state index in [0.717, 1.165) is 0 Å². The van der Waals surface area contributed by atoms with Crippen LogP contribution in [0.2, 0.25) is 11.5 Å². The fourth-order valence-corrected chi connectivity index (χ4v) is 2.40. The SMILES string of the molecule is [CH3][GeH]([CH3])[c]1ccco1. The molecule has 8 heavy (non-hydrogen) atoms. The molecule has 0 aliphatic rings. The second-order valence-electron chi connectivity index (χ2n) is 2.17. The predicted octanol–water partition coefficient (Wildman–Crippen LogP) is 0.973. The van der Waals surface area contributed by atoms with E-state index in [1.807, 2.05) is 6.07 Å². The maximum absolute atomic E-state index is 5.18. The molecule has 1 aromatic rings. The Labute approximate surface area is 53.8 Å². The average molecular weight is 171 g/mol. The molecular formula is C6H10GeO. The van der Waals surface area contributed by atoms with Gasteiger partial charge in [0.1, 0.15) is 0 Å². The van der Waals surface area contributed by atoms with Crippen molar-refractivity contribution in [3.05, 3.63) is 18.4 Å². The summed E-state index contributed by atoms with van der Waals surface area (Å²) < 4.78 is 6.43. The van der Waals surface area contributed by atoms with E-state index in [0.29, 0.717) is 0 Å². The van der Waals surface area contributed by atoms with Gasteiger partial charge in [0.25, 0.3) is 0 Å². The van der Waals surface area contributed by atoms with E-state index in [9.17, 15) is 0 Å². The van der Waals surface area contributed by atoms with Crippen molar-refractivity contribution in [3.8, 4) is 0 Å². The van der Waals surface area contributed by atoms with Crippen molar-refractivity contribution in [2.24, 2.45) is 0 Å². The molecule has 0 saturated heterocycles. The Bertz CT molecular complexity index is 144. The second-order valence-corrected chi connectivity index (χ2v) is 8.21. The third-order valence-corrected chi connectivity index (χ3v) is 4.19. The van der Waals surface area contributed by atoms with Crippen LogP contribution in [0.3, 0.4) is 0 Å². The Balaban J connectivity index is 2.77. The number of hydrogen-bond donors (Lipinski definition) is 0. The van der Waals surface area contributed by atoms with Crippen LogP contribution in [0.1, 0.15) is 0 Å². The zero-order chi connectivity index (χ0) is 5.98. The van der Waals surface area contributed by atoms with Crippen molar-refractivity contribution in [1.29, 1.82) is 0 Å². The van der Waals surface area contributed by atoms with Gasteiger partial charge < -0.3 is 0 Å². The van der Waals surface area contributed by atoms with Gasteiger partial charge in [-0.15, -0.1) is 0 Å². The molecule has 1 nitrogen and oxygen atoms in total. The van der Waals surface area contributed by atoms with Crippen LogP contribution < -0.4 is 4.59 Å². The van der Waals surface area contributed by atoms with Crippen molar-refractivity contribution in [1.82, 2.24) is 0 Å². The maximum atomic E-state index is 5.18. The Morgan fingerprint density at radius 2 is 2.25 bits per heavy atom. The van der Waals surface area contributed by atoms with E-state index in [1.54, 1.807) is 6.26 Å². The summed E-state index contributed by atoms with van der Waals surface area (Å²) in [5, 5.41) is 0. The van der Waals surface area contributed by atoms with Gasteiger partial charge in [-0.1, -0.05) is 0 Å². The fraction of sp³-hybridized carbons (Fsp3) is 0.333. The Morgan fingerprint density at radius 3 is 2.50 bits per heavy atom. The number of rotatable bonds is 1. The van der Waals surface area contributed by atoms with E-state index < -0.39 is 14.3 Å². The van der Waals surface area contributed by atoms with Crippen molar-refractivity contribution in [2.75, 3.05) is 0 Å². The number of hydrogen-bond acceptors (Lipinski definition) is 1. The molecule has 1 heterocycles. The molecule has 0 aliphatic carbocycles. The molecule has 0 bridgehead atoms. The van der Waals surface area contributed by atoms with Gasteiger partial charge in [0.15, 0.2) is 0 Å². The van der Waals surface area contributed by atoms with Gasteiger partial charge >= 0.3 is 53.3 Å². The second kappa shape index (κ2) is 2.40. The van der Waals surface area contributed by atoms with Crippen molar-refractivity contribution in [3.63, 3.8) is 0 Å². The molecule has 0 saturated carbocycles. The molecule has 0 fully saturated rings. The van der Waals surface area contributed by atoms with E-state index in [1.165, 1.54) is 4.59 Å². The first-order valence-electron chi connectivity index (χ1n) is 2.84. The third kappa shape index (κ3) is 1.16. The van der Waals surface area contributed by atoms with E-state index in [2.05, 4.69) is 17.6 Å². The molecule has 1 aromatic heterocycles. The Morgan fingerprint density at radius 1 is 1.50 bits per heavy atom. The normalized spacial score (nSPS) is 10.4. The summed E-state index contributed by atoms with van der Waals surface area (Å²) >= 11 is -1.05. The van der Waals surface area contributed by atoms with Crippen molar-refractivity contribution < 1.29 is 4.42 Å². The summed E-state index contributed by atoms with van der Waals surface area (Å²) in [6, 6.07) is 4.03. The summed E-state index contributed by atoms with van der Waals surface area (Å²) in [5.41, 5.74) is 0. The molecule has 1 rings (SSSR count). The summed E-state index contributed by atoms with van der Waals surface area (Å²) in [6.45, 7) is 0. The third-order valence-electron chi connectivity index (χ3n) is 1.11. The van der Waals surface area contributed by atoms with Crippen LogP contribution in [0.15, 0.2) is 22.8 Å². The predicted molar refractivity (Wildman–Crippen MR) is 37.2 cm³/mol. The minimum atomic E-state index is -1.05.